The van der Waals surface area contributed by atoms with E-state index in [-0.39, 0.29) is 11.4 Å². The molecule has 20 heavy (non-hydrogen) atoms. The second-order valence-electron chi connectivity index (χ2n) is 5.52. The van der Waals surface area contributed by atoms with Gasteiger partial charge in [0.05, 0.1) is 5.54 Å². The zero-order valence-corrected chi connectivity index (χ0v) is 11.3. The molecule has 1 saturated carbocycles. The van der Waals surface area contributed by atoms with Gasteiger partial charge in [-0.1, -0.05) is 31.4 Å². The Balaban J connectivity index is 1.85. The van der Waals surface area contributed by atoms with E-state index in [4.69, 9.17) is 5.73 Å². The van der Waals surface area contributed by atoms with Crippen LogP contribution in [0.3, 0.4) is 0 Å². The average molecular weight is 271 g/mol. The molecule has 1 aliphatic rings. The van der Waals surface area contributed by atoms with E-state index in [0.717, 1.165) is 42.6 Å². The van der Waals surface area contributed by atoms with Gasteiger partial charge in [-0.15, -0.1) is 0 Å². The number of hydrogen-bond acceptors (Lipinski definition) is 3. The molecule has 0 amide bonds. The van der Waals surface area contributed by atoms with E-state index in [0.29, 0.717) is 0 Å². The maximum atomic E-state index is 12.9. The van der Waals surface area contributed by atoms with Crippen LogP contribution in [-0.2, 0) is 5.54 Å². The minimum atomic E-state index is -0.375. The van der Waals surface area contributed by atoms with Crippen LogP contribution >= 0.6 is 0 Å². The fraction of sp³-hybridized carbons (Fsp3) is 0.375. The molecule has 1 heterocycles. The first kappa shape index (κ1) is 13.2. The summed E-state index contributed by atoms with van der Waals surface area (Å²) < 4.78 is 12.9. The van der Waals surface area contributed by atoms with Gasteiger partial charge in [0.15, 0.2) is 0 Å². The van der Waals surface area contributed by atoms with Crippen LogP contribution < -0.4 is 5.73 Å². The summed E-state index contributed by atoms with van der Waals surface area (Å²) in [5.74, 6) is 0.484. The van der Waals surface area contributed by atoms with Crippen LogP contribution in [0.15, 0.2) is 36.7 Å². The van der Waals surface area contributed by atoms with Gasteiger partial charge in [-0.3, -0.25) is 0 Å². The van der Waals surface area contributed by atoms with Gasteiger partial charge in [-0.2, -0.15) is 0 Å². The number of rotatable bonds is 2. The van der Waals surface area contributed by atoms with Gasteiger partial charge in [0.25, 0.3) is 0 Å². The Hall–Kier alpha value is -1.81. The molecule has 1 aromatic heterocycles. The average Bonchev–Trinajstić information content (AvgIpc) is 2.49. The molecule has 2 N–H and O–H groups in total. The van der Waals surface area contributed by atoms with Crippen LogP contribution in [0.25, 0.3) is 11.1 Å². The molecule has 0 radical (unpaired) electrons. The van der Waals surface area contributed by atoms with E-state index < -0.39 is 0 Å². The minimum Gasteiger partial charge on any atom is -0.319 e. The Morgan fingerprint density at radius 3 is 2.10 bits per heavy atom. The maximum absolute atomic E-state index is 12.9. The smallest absolute Gasteiger partial charge is 0.148 e. The van der Waals surface area contributed by atoms with E-state index in [2.05, 4.69) is 9.97 Å². The van der Waals surface area contributed by atoms with Crippen LogP contribution in [0.5, 0.6) is 0 Å². The van der Waals surface area contributed by atoms with Gasteiger partial charge in [-0.25, -0.2) is 14.4 Å². The summed E-state index contributed by atoms with van der Waals surface area (Å²) in [6.45, 7) is 0. The first-order valence-electron chi connectivity index (χ1n) is 7.05. The van der Waals surface area contributed by atoms with Gasteiger partial charge in [0, 0.05) is 18.0 Å². The molecular formula is C16H18FN3. The van der Waals surface area contributed by atoms with Crippen molar-refractivity contribution < 1.29 is 4.39 Å². The van der Waals surface area contributed by atoms with E-state index in [1.807, 2.05) is 0 Å². The molecule has 3 rings (SSSR count). The van der Waals surface area contributed by atoms with Crippen molar-refractivity contribution in [2.24, 2.45) is 5.73 Å². The highest BCUT2D eigenvalue weighted by Crippen LogP contribution is 2.33. The van der Waals surface area contributed by atoms with E-state index in [1.165, 1.54) is 18.6 Å². The summed E-state index contributed by atoms with van der Waals surface area (Å²) in [5.41, 5.74) is 7.83. The Labute approximate surface area is 118 Å². The third-order valence-electron chi connectivity index (χ3n) is 4.02. The third-order valence-corrected chi connectivity index (χ3v) is 4.02. The largest absolute Gasteiger partial charge is 0.319 e. The number of nitrogens with zero attached hydrogens (tertiary/aromatic N) is 2. The summed E-state index contributed by atoms with van der Waals surface area (Å²) in [6.07, 6.45) is 8.97. The fourth-order valence-corrected chi connectivity index (χ4v) is 2.78. The lowest BCUT2D eigenvalue weighted by molar-refractivity contribution is 0.287. The predicted octanol–water partition coefficient (Wildman–Crippen LogP) is 3.40. The standard InChI is InChI=1S/C16H18FN3/c17-14-6-4-12(5-7-14)13-10-19-15(20-11-13)16(18)8-2-1-3-9-16/h4-7,10-11H,1-3,8-9,18H2. The van der Waals surface area contributed by atoms with Gasteiger partial charge in [0.1, 0.15) is 11.6 Å². The molecular weight excluding hydrogens is 253 g/mol. The topological polar surface area (TPSA) is 51.8 Å². The molecule has 0 spiro atoms. The Morgan fingerprint density at radius 1 is 0.900 bits per heavy atom. The van der Waals surface area contributed by atoms with E-state index in [1.54, 1.807) is 24.5 Å². The summed E-state index contributed by atoms with van der Waals surface area (Å²) in [5, 5.41) is 0. The summed E-state index contributed by atoms with van der Waals surface area (Å²) in [7, 11) is 0. The van der Waals surface area contributed by atoms with Crippen LogP contribution in [0.1, 0.15) is 37.9 Å². The second-order valence-corrected chi connectivity index (χ2v) is 5.52. The Kier molecular flexibility index (Phi) is 3.49. The summed E-state index contributed by atoms with van der Waals surface area (Å²) in [6, 6.07) is 6.34. The zero-order valence-electron chi connectivity index (χ0n) is 11.3. The van der Waals surface area contributed by atoms with Crippen LogP contribution in [-0.4, -0.2) is 9.97 Å². The van der Waals surface area contributed by atoms with Gasteiger partial charge >= 0.3 is 0 Å². The number of aromatic nitrogens is 2. The SMILES string of the molecule is NC1(c2ncc(-c3ccc(F)cc3)cn2)CCCCC1. The number of benzene rings is 1. The van der Waals surface area contributed by atoms with Gasteiger partial charge in [-0.05, 0) is 30.5 Å². The monoisotopic (exact) mass is 271 g/mol. The molecule has 104 valence electrons. The molecule has 3 nitrogen and oxygen atoms in total. The van der Waals surface area contributed by atoms with Crippen molar-refractivity contribution in [3.63, 3.8) is 0 Å². The van der Waals surface area contributed by atoms with Crippen molar-refractivity contribution in [2.45, 2.75) is 37.6 Å². The summed E-state index contributed by atoms with van der Waals surface area (Å²) in [4.78, 5) is 8.89. The maximum Gasteiger partial charge on any atom is 0.148 e. The lowest BCUT2D eigenvalue weighted by atomic mass is 9.82. The highest BCUT2D eigenvalue weighted by molar-refractivity contribution is 5.61. The van der Waals surface area contributed by atoms with Crippen molar-refractivity contribution in [3.05, 3.63) is 48.3 Å². The van der Waals surface area contributed by atoms with Crippen molar-refractivity contribution in [1.29, 1.82) is 0 Å². The number of hydrogen-bond donors (Lipinski definition) is 1. The molecule has 1 aromatic carbocycles. The third kappa shape index (κ3) is 2.56. The predicted molar refractivity (Wildman–Crippen MR) is 76.4 cm³/mol. The summed E-state index contributed by atoms with van der Waals surface area (Å²) >= 11 is 0. The molecule has 0 aliphatic heterocycles. The second kappa shape index (κ2) is 5.29. The zero-order chi connectivity index (χ0) is 14.0. The van der Waals surface area contributed by atoms with Crippen molar-refractivity contribution in [2.75, 3.05) is 0 Å². The lowest BCUT2D eigenvalue weighted by Crippen LogP contribution is -2.40. The molecule has 0 bridgehead atoms. The van der Waals surface area contributed by atoms with Crippen molar-refractivity contribution in [3.8, 4) is 11.1 Å². The fourth-order valence-electron chi connectivity index (χ4n) is 2.78. The van der Waals surface area contributed by atoms with Gasteiger partial charge < -0.3 is 5.73 Å². The van der Waals surface area contributed by atoms with Gasteiger partial charge in [0.2, 0.25) is 0 Å². The molecule has 0 saturated heterocycles. The Morgan fingerprint density at radius 2 is 1.50 bits per heavy atom. The lowest BCUT2D eigenvalue weighted by Gasteiger charge is -2.31. The van der Waals surface area contributed by atoms with E-state index >= 15 is 0 Å². The molecule has 4 heteroatoms. The quantitative estimate of drug-likeness (QED) is 0.910. The van der Waals surface area contributed by atoms with Crippen LogP contribution in [0, 0.1) is 5.82 Å². The number of nitrogens with two attached hydrogens (primary N) is 1. The highest BCUT2D eigenvalue weighted by atomic mass is 19.1. The van der Waals surface area contributed by atoms with Crippen LogP contribution in [0.2, 0.25) is 0 Å². The molecule has 2 aromatic rings. The first-order valence-corrected chi connectivity index (χ1v) is 7.05. The van der Waals surface area contributed by atoms with E-state index in [9.17, 15) is 4.39 Å². The minimum absolute atomic E-state index is 0.241. The molecule has 1 aliphatic carbocycles. The normalized spacial score (nSPS) is 17.9. The highest BCUT2D eigenvalue weighted by Gasteiger charge is 2.32. The van der Waals surface area contributed by atoms with Crippen molar-refractivity contribution in [1.82, 2.24) is 9.97 Å². The first-order chi connectivity index (χ1) is 9.67. The van der Waals surface area contributed by atoms with Crippen LogP contribution in [0.4, 0.5) is 4.39 Å². The Bertz CT molecular complexity index is 572. The molecule has 1 fully saturated rings. The molecule has 0 atom stereocenters. The molecule has 0 unspecified atom stereocenters. The van der Waals surface area contributed by atoms with Crippen molar-refractivity contribution >= 4 is 0 Å². The number of halogens is 1.